The first kappa shape index (κ1) is 30.9. The quantitative estimate of drug-likeness (QED) is 0.342. The number of ether oxygens (including phenoxy) is 1. The summed E-state index contributed by atoms with van der Waals surface area (Å²) in [6.45, 7) is 5.91. The van der Waals surface area contributed by atoms with Gasteiger partial charge in [-0.15, -0.1) is 0 Å². The number of nitrogens with one attached hydrogen (secondary N) is 1. The molecule has 37 heavy (non-hydrogen) atoms. The highest BCUT2D eigenvalue weighted by molar-refractivity contribution is 9.10. The first-order valence-corrected chi connectivity index (χ1v) is 15.0. The average Bonchev–Trinajstić information content (AvgIpc) is 2.83. The molecule has 2 amide bonds. The van der Waals surface area contributed by atoms with Crippen LogP contribution in [0.5, 0.6) is 5.75 Å². The minimum Gasteiger partial charge on any atom is -0.495 e. The average molecular weight is 617 g/mol. The summed E-state index contributed by atoms with van der Waals surface area (Å²) in [4.78, 5) is 27.8. The van der Waals surface area contributed by atoms with Gasteiger partial charge < -0.3 is 15.0 Å². The number of anilines is 1. The third-order valence-electron chi connectivity index (χ3n) is 5.99. The van der Waals surface area contributed by atoms with Gasteiger partial charge in [0.15, 0.2) is 0 Å². The highest BCUT2D eigenvalue weighted by Crippen LogP contribution is 2.30. The summed E-state index contributed by atoms with van der Waals surface area (Å²) in [5.41, 5.74) is 1.25. The molecule has 2 rings (SSSR count). The minimum atomic E-state index is -3.63. The number of hydrogen-bond acceptors (Lipinski definition) is 5. The topological polar surface area (TPSA) is 96.0 Å². The summed E-state index contributed by atoms with van der Waals surface area (Å²) < 4.78 is 32.2. The fourth-order valence-electron chi connectivity index (χ4n) is 3.69. The summed E-state index contributed by atoms with van der Waals surface area (Å²) in [5, 5.41) is 3.22. The normalized spacial score (nSPS) is 12.9. The largest absolute Gasteiger partial charge is 0.495 e. The van der Waals surface area contributed by atoms with Crippen molar-refractivity contribution in [1.82, 2.24) is 10.2 Å². The highest BCUT2D eigenvalue weighted by Gasteiger charge is 2.27. The third-order valence-corrected chi connectivity index (χ3v) is 7.97. The van der Waals surface area contributed by atoms with E-state index in [1.165, 1.54) is 22.4 Å². The maximum Gasteiger partial charge on any atom is 0.242 e. The van der Waals surface area contributed by atoms with Gasteiger partial charge in [0, 0.05) is 30.0 Å². The number of methoxy groups -OCH3 is 1. The minimum absolute atomic E-state index is 0.0163. The van der Waals surface area contributed by atoms with E-state index in [1.807, 2.05) is 38.1 Å². The van der Waals surface area contributed by atoms with E-state index in [0.29, 0.717) is 11.4 Å². The molecule has 0 unspecified atom stereocenters. The van der Waals surface area contributed by atoms with Crippen LogP contribution in [0.4, 0.5) is 5.69 Å². The van der Waals surface area contributed by atoms with Crippen LogP contribution in [0.1, 0.15) is 45.6 Å². The Labute approximate surface area is 233 Å². The first-order chi connectivity index (χ1) is 17.4. The SMILES string of the molecule is CC[C@H](C)NC(=O)[C@@H](C)N(Cc1cccc(Br)c1)C(=O)CCCN(c1ccc(OC)c(Cl)c1)S(C)(=O)=O. The van der Waals surface area contributed by atoms with Crippen LogP contribution in [0.3, 0.4) is 0 Å². The zero-order chi connectivity index (χ0) is 27.8. The lowest BCUT2D eigenvalue weighted by Crippen LogP contribution is -2.49. The number of amides is 2. The number of benzene rings is 2. The van der Waals surface area contributed by atoms with Gasteiger partial charge in [-0.05, 0) is 62.6 Å². The van der Waals surface area contributed by atoms with Crippen molar-refractivity contribution in [2.24, 2.45) is 0 Å². The van der Waals surface area contributed by atoms with Gasteiger partial charge in [-0.1, -0.05) is 46.6 Å². The standard InChI is InChI=1S/C26H35BrClN3O5S/c1-6-18(2)29-26(33)19(3)30(17-20-9-7-10-21(27)15-20)25(32)11-8-14-31(37(5,34)35)22-12-13-24(36-4)23(28)16-22/h7,9-10,12-13,15-16,18-19H,6,8,11,14,17H2,1-5H3,(H,29,33)/t18-,19+/m0/s1. The van der Waals surface area contributed by atoms with Crippen LogP contribution in [0.25, 0.3) is 0 Å². The molecule has 1 N–H and O–H groups in total. The molecular formula is C26H35BrClN3O5S. The number of carbonyl (C=O) groups excluding carboxylic acids is 2. The monoisotopic (exact) mass is 615 g/mol. The van der Waals surface area contributed by atoms with Gasteiger partial charge in [0.05, 0.1) is 24.1 Å². The summed E-state index contributed by atoms with van der Waals surface area (Å²) in [7, 11) is -2.16. The Kier molecular flexibility index (Phi) is 11.7. The van der Waals surface area contributed by atoms with E-state index in [2.05, 4.69) is 21.2 Å². The lowest BCUT2D eigenvalue weighted by Gasteiger charge is -2.30. The smallest absolute Gasteiger partial charge is 0.242 e. The maximum absolute atomic E-state index is 13.4. The van der Waals surface area contributed by atoms with Crippen molar-refractivity contribution in [2.75, 3.05) is 24.2 Å². The van der Waals surface area contributed by atoms with E-state index < -0.39 is 16.1 Å². The molecule has 0 heterocycles. The molecule has 0 aliphatic rings. The molecule has 0 aliphatic carbocycles. The third kappa shape index (κ3) is 9.19. The second-order valence-electron chi connectivity index (χ2n) is 8.90. The van der Waals surface area contributed by atoms with E-state index in [1.54, 1.807) is 19.1 Å². The number of nitrogens with zero attached hydrogens (tertiary/aromatic N) is 2. The molecule has 0 fully saturated rings. The van der Waals surface area contributed by atoms with Gasteiger partial charge in [-0.3, -0.25) is 13.9 Å². The molecule has 0 radical (unpaired) electrons. The Morgan fingerprint density at radius 1 is 1.16 bits per heavy atom. The Bertz CT molecular complexity index is 1190. The Morgan fingerprint density at radius 3 is 2.43 bits per heavy atom. The number of carbonyl (C=O) groups is 2. The molecular weight excluding hydrogens is 582 g/mol. The number of rotatable bonds is 13. The van der Waals surface area contributed by atoms with Crippen LogP contribution >= 0.6 is 27.5 Å². The molecule has 2 aromatic carbocycles. The van der Waals surface area contributed by atoms with Crippen LogP contribution in [0.2, 0.25) is 5.02 Å². The zero-order valence-corrected chi connectivity index (χ0v) is 25.0. The van der Waals surface area contributed by atoms with E-state index in [4.69, 9.17) is 16.3 Å². The van der Waals surface area contributed by atoms with Gasteiger partial charge in [-0.2, -0.15) is 0 Å². The van der Waals surface area contributed by atoms with Gasteiger partial charge >= 0.3 is 0 Å². The van der Waals surface area contributed by atoms with Crippen LogP contribution in [0.15, 0.2) is 46.9 Å². The lowest BCUT2D eigenvalue weighted by molar-refractivity contribution is -0.140. The molecule has 0 aromatic heterocycles. The molecule has 8 nitrogen and oxygen atoms in total. The Balaban J connectivity index is 2.20. The molecule has 0 saturated carbocycles. The van der Waals surface area contributed by atoms with Gasteiger partial charge in [0.2, 0.25) is 21.8 Å². The molecule has 2 aromatic rings. The predicted molar refractivity (Wildman–Crippen MR) is 151 cm³/mol. The first-order valence-electron chi connectivity index (χ1n) is 12.0. The summed E-state index contributed by atoms with van der Waals surface area (Å²) in [6.07, 6.45) is 2.19. The second-order valence-corrected chi connectivity index (χ2v) is 12.1. The van der Waals surface area contributed by atoms with Crippen molar-refractivity contribution in [2.45, 2.75) is 58.7 Å². The van der Waals surface area contributed by atoms with Crippen LogP contribution in [-0.2, 0) is 26.2 Å². The summed E-state index contributed by atoms with van der Waals surface area (Å²) in [5.74, 6) is -0.0433. The fourth-order valence-corrected chi connectivity index (χ4v) is 5.35. The molecule has 11 heteroatoms. The van der Waals surface area contributed by atoms with E-state index in [-0.39, 0.29) is 48.8 Å². The number of hydrogen-bond donors (Lipinski definition) is 1. The molecule has 2 atom stereocenters. The Hall–Kier alpha value is -2.30. The van der Waals surface area contributed by atoms with Gasteiger partial charge in [-0.25, -0.2) is 8.42 Å². The van der Waals surface area contributed by atoms with Crippen LogP contribution in [-0.4, -0.2) is 57.1 Å². The number of sulfonamides is 1. The molecule has 0 saturated heterocycles. The van der Waals surface area contributed by atoms with Crippen LogP contribution in [0, 0.1) is 0 Å². The summed E-state index contributed by atoms with van der Waals surface area (Å²) in [6, 6.07) is 11.6. The molecule has 0 bridgehead atoms. The number of halogens is 2. The second kappa shape index (κ2) is 14.0. The predicted octanol–water partition coefficient (Wildman–Crippen LogP) is 4.99. The van der Waals surface area contributed by atoms with E-state index >= 15 is 0 Å². The van der Waals surface area contributed by atoms with Gasteiger partial charge in [0.1, 0.15) is 11.8 Å². The van der Waals surface area contributed by atoms with Crippen LogP contribution < -0.4 is 14.4 Å². The van der Waals surface area contributed by atoms with E-state index in [9.17, 15) is 18.0 Å². The molecule has 0 spiro atoms. The van der Waals surface area contributed by atoms with Gasteiger partial charge in [0.25, 0.3) is 0 Å². The maximum atomic E-state index is 13.4. The van der Waals surface area contributed by atoms with Crippen molar-refractivity contribution in [3.05, 3.63) is 57.5 Å². The highest BCUT2D eigenvalue weighted by atomic mass is 79.9. The Morgan fingerprint density at radius 2 is 1.86 bits per heavy atom. The van der Waals surface area contributed by atoms with E-state index in [0.717, 1.165) is 22.7 Å². The molecule has 0 aliphatic heterocycles. The lowest BCUT2D eigenvalue weighted by atomic mass is 10.1. The van der Waals surface area contributed by atoms with Crippen molar-refractivity contribution in [1.29, 1.82) is 0 Å². The zero-order valence-electron chi connectivity index (χ0n) is 21.8. The summed E-state index contributed by atoms with van der Waals surface area (Å²) >= 11 is 9.65. The fraction of sp³-hybridized carbons (Fsp3) is 0.462. The van der Waals surface area contributed by atoms with Crippen molar-refractivity contribution in [3.63, 3.8) is 0 Å². The van der Waals surface area contributed by atoms with Crippen molar-refractivity contribution < 1.29 is 22.7 Å². The van der Waals surface area contributed by atoms with Crippen molar-refractivity contribution >= 4 is 55.1 Å². The van der Waals surface area contributed by atoms with Crippen molar-refractivity contribution in [3.8, 4) is 5.75 Å². The molecule has 204 valence electrons.